The summed E-state index contributed by atoms with van der Waals surface area (Å²) < 4.78 is 13.7. The highest BCUT2D eigenvalue weighted by atomic mass is 79.9. The number of carbonyl (C=O) groups excluding carboxylic acids is 1. The van der Waals surface area contributed by atoms with Gasteiger partial charge in [0.25, 0.3) is 5.91 Å². The van der Waals surface area contributed by atoms with E-state index in [1.54, 1.807) is 18.2 Å². The summed E-state index contributed by atoms with van der Waals surface area (Å²) in [5.74, 6) is -1.04. The van der Waals surface area contributed by atoms with Gasteiger partial charge >= 0.3 is 0 Å². The van der Waals surface area contributed by atoms with Crippen molar-refractivity contribution in [2.24, 2.45) is 5.73 Å². The van der Waals surface area contributed by atoms with E-state index >= 15 is 0 Å². The second kappa shape index (κ2) is 4.72. The minimum atomic E-state index is -0.538. The van der Waals surface area contributed by atoms with Gasteiger partial charge in [-0.2, -0.15) is 4.39 Å². The maximum Gasteiger partial charge on any atom is 0.250 e. The number of hydrogen-bond donors (Lipinski definition) is 2. The predicted octanol–water partition coefficient (Wildman–Crippen LogP) is 3.23. The first-order valence-corrected chi connectivity index (χ1v) is 6.58. The molecule has 0 aliphatic rings. The maximum atomic E-state index is 12.9. The first kappa shape index (κ1) is 12.8. The molecule has 20 heavy (non-hydrogen) atoms. The highest BCUT2D eigenvalue weighted by Gasteiger charge is 2.13. The Kier molecular flexibility index (Phi) is 3.02. The average molecular weight is 334 g/mol. The lowest BCUT2D eigenvalue weighted by molar-refractivity contribution is 0.100. The summed E-state index contributed by atoms with van der Waals surface area (Å²) in [7, 11) is 0. The molecule has 0 saturated carbocycles. The summed E-state index contributed by atoms with van der Waals surface area (Å²) in [4.78, 5) is 18.2. The molecule has 2 heterocycles. The van der Waals surface area contributed by atoms with Gasteiger partial charge in [0.1, 0.15) is 0 Å². The summed E-state index contributed by atoms with van der Waals surface area (Å²) in [6.07, 6.45) is 1.43. The Morgan fingerprint density at radius 2 is 2.10 bits per heavy atom. The Morgan fingerprint density at radius 3 is 2.75 bits per heavy atom. The first-order valence-electron chi connectivity index (χ1n) is 5.79. The van der Waals surface area contributed by atoms with Crippen LogP contribution in [-0.2, 0) is 0 Å². The van der Waals surface area contributed by atoms with Crippen molar-refractivity contribution in [1.82, 2.24) is 9.97 Å². The fourth-order valence-electron chi connectivity index (χ4n) is 2.08. The molecule has 0 spiro atoms. The summed E-state index contributed by atoms with van der Waals surface area (Å²) in [5, 5.41) is 0.834. The Bertz CT molecular complexity index is 811. The van der Waals surface area contributed by atoms with Gasteiger partial charge in [0.2, 0.25) is 5.95 Å². The number of primary amides is 1. The Morgan fingerprint density at radius 1 is 1.30 bits per heavy atom. The van der Waals surface area contributed by atoms with Crippen molar-refractivity contribution < 1.29 is 9.18 Å². The van der Waals surface area contributed by atoms with Gasteiger partial charge in [0.15, 0.2) is 0 Å². The minimum Gasteiger partial charge on any atom is -0.366 e. The van der Waals surface area contributed by atoms with Gasteiger partial charge < -0.3 is 10.7 Å². The first-order chi connectivity index (χ1) is 9.56. The van der Waals surface area contributed by atoms with Crippen molar-refractivity contribution in [3.63, 3.8) is 0 Å². The van der Waals surface area contributed by atoms with Gasteiger partial charge in [-0.25, -0.2) is 4.98 Å². The van der Waals surface area contributed by atoms with Crippen LogP contribution in [0.4, 0.5) is 4.39 Å². The Labute approximate surface area is 121 Å². The fourth-order valence-corrected chi connectivity index (χ4v) is 2.53. The van der Waals surface area contributed by atoms with Crippen LogP contribution in [0.1, 0.15) is 10.4 Å². The Balaban J connectivity index is 2.24. The van der Waals surface area contributed by atoms with E-state index in [0.717, 1.165) is 21.1 Å². The molecule has 0 unspecified atom stereocenters. The zero-order chi connectivity index (χ0) is 14.3. The van der Waals surface area contributed by atoms with E-state index in [2.05, 4.69) is 25.9 Å². The lowest BCUT2D eigenvalue weighted by Gasteiger charge is -1.99. The molecule has 0 fully saturated rings. The molecule has 3 rings (SSSR count). The summed E-state index contributed by atoms with van der Waals surface area (Å²) in [6.45, 7) is 0. The monoisotopic (exact) mass is 333 g/mol. The third-order valence-electron chi connectivity index (χ3n) is 3.04. The number of nitrogens with zero attached hydrogens (tertiary/aromatic N) is 1. The molecule has 3 N–H and O–H groups in total. The number of benzene rings is 1. The summed E-state index contributed by atoms with van der Waals surface area (Å²) in [5.41, 5.74) is 7.88. The van der Waals surface area contributed by atoms with E-state index in [1.165, 1.54) is 12.3 Å². The molecule has 0 atom stereocenters. The zero-order valence-electron chi connectivity index (χ0n) is 10.2. The summed E-state index contributed by atoms with van der Waals surface area (Å²) >= 11 is 3.43. The molecular formula is C14H9BrFN3O. The van der Waals surface area contributed by atoms with Crippen molar-refractivity contribution in [2.45, 2.75) is 0 Å². The molecule has 0 radical (unpaired) electrons. The standard InChI is InChI=1S/C14H9BrFN3O/c15-10-3-2-8(14(17)20)13-9(10)5-11(19-13)7-1-4-12(16)18-6-7/h1-6,19H,(H2,17,20). The van der Waals surface area contributed by atoms with Crippen LogP contribution in [0, 0.1) is 5.95 Å². The largest absolute Gasteiger partial charge is 0.366 e. The van der Waals surface area contributed by atoms with E-state index in [9.17, 15) is 9.18 Å². The third-order valence-corrected chi connectivity index (χ3v) is 3.74. The van der Waals surface area contributed by atoms with Gasteiger partial charge in [0, 0.05) is 27.3 Å². The van der Waals surface area contributed by atoms with Crippen LogP contribution in [0.25, 0.3) is 22.2 Å². The minimum absolute atomic E-state index is 0.407. The SMILES string of the molecule is NC(=O)c1ccc(Br)c2cc(-c3ccc(F)nc3)[nH]c12. The second-order valence-corrected chi connectivity index (χ2v) is 5.15. The number of aromatic amines is 1. The van der Waals surface area contributed by atoms with E-state index in [-0.39, 0.29) is 0 Å². The molecule has 1 amide bonds. The molecule has 6 heteroatoms. The topological polar surface area (TPSA) is 71.8 Å². The molecule has 2 aromatic heterocycles. The van der Waals surface area contributed by atoms with E-state index in [1.807, 2.05) is 6.07 Å². The third kappa shape index (κ3) is 2.08. The van der Waals surface area contributed by atoms with Gasteiger partial charge in [-0.3, -0.25) is 4.79 Å². The molecule has 4 nitrogen and oxygen atoms in total. The van der Waals surface area contributed by atoms with Crippen molar-refractivity contribution in [3.8, 4) is 11.3 Å². The zero-order valence-corrected chi connectivity index (χ0v) is 11.7. The number of hydrogen-bond acceptors (Lipinski definition) is 2. The van der Waals surface area contributed by atoms with Crippen LogP contribution >= 0.6 is 15.9 Å². The number of rotatable bonds is 2. The van der Waals surface area contributed by atoms with Crippen molar-refractivity contribution >= 4 is 32.7 Å². The predicted molar refractivity (Wildman–Crippen MR) is 77.7 cm³/mol. The molecule has 0 bridgehead atoms. The van der Waals surface area contributed by atoms with Crippen molar-refractivity contribution in [1.29, 1.82) is 0 Å². The van der Waals surface area contributed by atoms with Gasteiger partial charge in [0.05, 0.1) is 11.1 Å². The van der Waals surface area contributed by atoms with Gasteiger partial charge in [-0.05, 0) is 30.3 Å². The maximum absolute atomic E-state index is 12.9. The number of pyridine rings is 1. The highest BCUT2D eigenvalue weighted by Crippen LogP contribution is 2.31. The molecule has 100 valence electrons. The van der Waals surface area contributed by atoms with Crippen LogP contribution in [0.5, 0.6) is 0 Å². The molecule has 0 aliphatic heterocycles. The number of nitrogens with one attached hydrogen (secondary N) is 1. The van der Waals surface area contributed by atoms with Gasteiger partial charge in [-0.1, -0.05) is 15.9 Å². The molecule has 0 saturated heterocycles. The van der Waals surface area contributed by atoms with Crippen LogP contribution in [-0.4, -0.2) is 15.9 Å². The van der Waals surface area contributed by atoms with Crippen LogP contribution < -0.4 is 5.73 Å². The lowest BCUT2D eigenvalue weighted by atomic mass is 10.1. The summed E-state index contributed by atoms with van der Waals surface area (Å²) in [6, 6.07) is 8.18. The van der Waals surface area contributed by atoms with E-state index in [0.29, 0.717) is 11.1 Å². The second-order valence-electron chi connectivity index (χ2n) is 4.30. The fraction of sp³-hybridized carbons (Fsp3) is 0. The number of halogens is 2. The number of carbonyl (C=O) groups is 1. The smallest absolute Gasteiger partial charge is 0.250 e. The van der Waals surface area contributed by atoms with E-state index in [4.69, 9.17) is 5.73 Å². The quantitative estimate of drug-likeness (QED) is 0.706. The van der Waals surface area contributed by atoms with Crippen LogP contribution in [0.3, 0.4) is 0 Å². The van der Waals surface area contributed by atoms with Crippen LogP contribution in [0.15, 0.2) is 41.0 Å². The highest BCUT2D eigenvalue weighted by molar-refractivity contribution is 9.10. The lowest BCUT2D eigenvalue weighted by Crippen LogP contribution is -2.11. The number of nitrogens with two attached hydrogens (primary N) is 1. The van der Waals surface area contributed by atoms with E-state index < -0.39 is 11.9 Å². The number of fused-ring (bicyclic) bond motifs is 1. The number of amides is 1. The Hall–Kier alpha value is -2.21. The molecule has 3 aromatic rings. The molecule has 0 aliphatic carbocycles. The molecule has 1 aromatic carbocycles. The van der Waals surface area contributed by atoms with Crippen LogP contribution in [0.2, 0.25) is 0 Å². The van der Waals surface area contributed by atoms with Crippen molar-refractivity contribution in [3.05, 3.63) is 52.5 Å². The molecular weight excluding hydrogens is 325 g/mol. The number of H-pyrrole nitrogens is 1. The van der Waals surface area contributed by atoms with Gasteiger partial charge in [-0.15, -0.1) is 0 Å². The average Bonchev–Trinajstić information content (AvgIpc) is 2.85. The number of aromatic nitrogens is 2. The normalized spacial score (nSPS) is 10.9. The van der Waals surface area contributed by atoms with Crippen molar-refractivity contribution in [2.75, 3.05) is 0 Å².